The molecule has 6 aliphatic heterocycles. The number of hydrogen-bond acceptors (Lipinski definition) is 27. The Morgan fingerprint density at radius 3 is 1.17 bits per heavy atom. The monoisotopic (exact) mass is 2030 g/mol. The number of aryl methyl sites for hydroxylation is 4. The number of amides is 3. The van der Waals surface area contributed by atoms with Crippen LogP contribution in [0.5, 0.6) is 34.5 Å². The zero-order chi connectivity index (χ0) is 104. The molecule has 0 radical (unpaired) electrons. The summed E-state index contributed by atoms with van der Waals surface area (Å²) in [4.78, 5) is 147. The summed E-state index contributed by atoms with van der Waals surface area (Å²) in [5.41, 5.74) is -0.513. The van der Waals surface area contributed by atoms with E-state index >= 15 is 22.0 Å². The van der Waals surface area contributed by atoms with Gasteiger partial charge in [-0.1, -0.05) is 25.1 Å². The predicted molar refractivity (Wildman–Crippen MR) is 486 cm³/mol. The number of benzene rings is 6. The summed E-state index contributed by atoms with van der Waals surface area (Å²) in [6.45, 7) is 7.76. The average Bonchev–Trinajstić information content (AvgIpc) is 0.742. The minimum Gasteiger partial charge on any atom is -0.486 e. The molecule has 34 nitrogen and oxygen atoms in total. The molecule has 0 saturated carbocycles. The summed E-state index contributed by atoms with van der Waals surface area (Å²) >= 11 is 0. The Bertz CT molecular complexity index is 6630. The molecule has 0 bridgehead atoms. The maximum atomic E-state index is 15.5. The van der Waals surface area contributed by atoms with E-state index in [1.807, 2.05) is 0 Å². The van der Waals surface area contributed by atoms with Gasteiger partial charge in [-0.2, -0.15) is 39.5 Å². The van der Waals surface area contributed by atoms with E-state index in [-0.39, 0.29) is 184 Å². The number of rotatable bonds is 22. The lowest BCUT2D eigenvalue weighted by Crippen LogP contribution is -2.53. The lowest BCUT2D eigenvalue weighted by atomic mass is 9.96. The van der Waals surface area contributed by atoms with Gasteiger partial charge >= 0.3 is 36.2 Å². The van der Waals surface area contributed by atoms with Crippen LogP contribution in [-0.2, 0) is 78.5 Å². The van der Waals surface area contributed by atoms with Crippen molar-refractivity contribution in [2.75, 3.05) is 128 Å². The van der Waals surface area contributed by atoms with Crippen LogP contribution in [-0.4, -0.2) is 237 Å². The SMILES string of the molecule is CCC(=O)[C@H](Cc1ccc(-c2nc(C)c(C)n(C)c2=O)c2c1OCCO2)NC(=O)c1c(F)cc(N2CCOC[C@@H]2C(F)(F)F)cc1F.COC(=O)[C@H](Cc1ccc(-c2nc(C)c(C)n(C)c2=O)c2c1OCCO2)NC(=O)c1c(F)cc(N2CCOC[C@@H]2C(F)(F)F)cc1F.COC(=O)[C@H](Cc1ccc(-n2c(=O)c3ccncc3n(C)c2=O)c2c1OCCO2)NC(=O)c1c(C)cc(N2CCOC[C@@H]2C(F)(F)F)cc1F. The van der Waals surface area contributed by atoms with Gasteiger partial charge in [0.05, 0.1) is 111 Å². The molecule has 3 N–H and O–H groups in total. The number of alkyl halides is 9. The molecule has 0 unspecified atom stereocenters. The van der Waals surface area contributed by atoms with Gasteiger partial charge in [0.2, 0.25) is 0 Å². The maximum absolute atomic E-state index is 15.5. The summed E-state index contributed by atoms with van der Waals surface area (Å²) in [7, 11) is 6.87. The number of halogens is 14. The highest BCUT2D eigenvalue weighted by atomic mass is 19.4. The summed E-state index contributed by atoms with van der Waals surface area (Å²) < 4.78 is 264. The predicted octanol–water partition coefficient (Wildman–Crippen LogP) is 10.2. The van der Waals surface area contributed by atoms with Crippen LogP contribution in [0, 0.1) is 63.7 Å². The molecular weight excluding hydrogens is 1940 g/mol. The van der Waals surface area contributed by atoms with Crippen LogP contribution in [0.1, 0.15) is 89.4 Å². The number of aromatic nitrogens is 7. The van der Waals surface area contributed by atoms with Crippen molar-refractivity contribution < 1.29 is 142 Å². The second kappa shape index (κ2) is 43.2. The van der Waals surface area contributed by atoms with E-state index in [0.717, 1.165) is 39.6 Å². The highest BCUT2D eigenvalue weighted by molar-refractivity contribution is 6.01. The van der Waals surface area contributed by atoms with Crippen molar-refractivity contribution in [3.8, 4) is 62.7 Å². The molecule has 6 aliphatic rings. The molecule has 768 valence electrons. The zero-order valence-corrected chi connectivity index (χ0v) is 78.9. The Morgan fingerprint density at radius 1 is 0.438 bits per heavy atom. The smallest absolute Gasteiger partial charge is 0.411 e. The van der Waals surface area contributed by atoms with Gasteiger partial charge in [0.15, 0.2) is 40.3 Å². The molecular formula is C96H95F14N13O21. The van der Waals surface area contributed by atoms with Gasteiger partial charge < -0.3 is 91.9 Å². The number of methoxy groups -OCH3 is 2. The first-order valence-corrected chi connectivity index (χ1v) is 44.8. The third-order valence-electron chi connectivity index (χ3n) is 25.2. The molecule has 10 aromatic rings. The van der Waals surface area contributed by atoms with Crippen LogP contribution in [0.3, 0.4) is 0 Å². The molecule has 3 amide bonds. The molecule has 48 heteroatoms. The minimum absolute atomic E-state index is 0.00307. The normalized spacial score (nSPS) is 16.8. The first-order valence-electron chi connectivity index (χ1n) is 44.8. The molecule has 4 aromatic heterocycles. The Balaban J connectivity index is 0.000000171. The van der Waals surface area contributed by atoms with Crippen LogP contribution in [0.4, 0.5) is 78.5 Å². The first kappa shape index (κ1) is 105. The number of esters is 2. The van der Waals surface area contributed by atoms with E-state index in [4.69, 9.17) is 52.1 Å². The molecule has 10 heterocycles. The zero-order valence-electron chi connectivity index (χ0n) is 78.9. The fraction of sp³-hybridized carbons (Fsp3) is 0.406. The summed E-state index contributed by atoms with van der Waals surface area (Å²) in [6.07, 6.45) is -12.0. The van der Waals surface area contributed by atoms with Crippen molar-refractivity contribution in [1.82, 2.24) is 49.2 Å². The molecule has 6 aromatic carbocycles. The van der Waals surface area contributed by atoms with Gasteiger partial charge in [-0.3, -0.25) is 43.1 Å². The van der Waals surface area contributed by atoms with Crippen LogP contribution < -0.4 is 81.4 Å². The number of anilines is 3. The second-order valence-corrected chi connectivity index (χ2v) is 33.9. The van der Waals surface area contributed by atoms with E-state index in [0.29, 0.717) is 80.4 Å². The second-order valence-electron chi connectivity index (χ2n) is 33.9. The summed E-state index contributed by atoms with van der Waals surface area (Å²) in [5, 5.41) is 7.34. The van der Waals surface area contributed by atoms with E-state index < -0.39 is 178 Å². The number of fused-ring (bicyclic) bond motifs is 4. The maximum Gasteiger partial charge on any atom is 0.411 e. The van der Waals surface area contributed by atoms with E-state index in [2.05, 4.69) is 30.9 Å². The van der Waals surface area contributed by atoms with Gasteiger partial charge in [0.1, 0.15) is 121 Å². The highest BCUT2D eigenvalue weighted by Crippen LogP contribution is 2.46. The molecule has 3 fully saturated rings. The Kier molecular flexibility index (Phi) is 31.5. The van der Waals surface area contributed by atoms with Crippen LogP contribution in [0.15, 0.2) is 110 Å². The number of pyridine rings is 1. The highest BCUT2D eigenvalue weighted by Gasteiger charge is 2.50. The van der Waals surface area contributed by atoms with Crippen molar-refractivity contribution >= 4 is 63.4 Å². The number of nitrogens with one attached hydrogen (secondary N) is 3. The molecule has 0 spiro atoms. The Labute approximate surface area is 808 Å². The Morgan fingerprint density at radius 2 is 0.785 bits per heavy atom. The lowest BCUT2D eigenvalue weighted by molar-refractivity contribution is -0.167. The van der Waals surface area contributed by atoms with Crippen molar-refractivity contribution in [2.45, 2.75) is 122 Å². The molecule has 144 heavy (non-hydrogen) atoms. The lowest BCUT2D eigenvalue weighted by Gasteiger charge is -2.38. The third kappa shape index (κ3) is 21.8. The number of morpholine rings is 3. The standard InChI is InChI=1S/C33H31F4N5O8.C32H33F5N4O6.C31H31F5N4O7/c1-17-12-19(41-8-9-48-16-25(41)33(35,36)37)14-21(34)26(17)29(43)39-22(31(45)47-3)13-18-4-5-23(28-27(18)49-10-11-50-28)42-30(44)20-6-7-38-15-24(20)40(2)32(42)46;1-5-24(42)23(39-30(43)26-21(33)13-19(14-22(26)34)41-8-9-45-15-25(41)32(35,36)37)12-18-6-7-20(29-28(18)46-10-11-47-29)27-31(44)40(4)17(3)16(2)38-27;1-15-16(2)39(3)29(42)25(37-15)19-6-5-17(26-27(19)47-10-9-46-26)11-22(30(43)44-4)38-28(41)24-20(32)12-18(13-21(24)33)40-7-8-45-14-23(40)31(34,35)36/h4-7,12,14-15,22,25H,8-11,13,16H2,1-3H3,(H,39,43);6-7,13-14,23,25H,5,8-12,15H2,1-4H3,(H,39,43);5-6,12-13,22-23H,7-11,14H2,1-4H3,(H,38,41)/t22-,25+;23-,25+;22-,23+/m000/s1. The number of hydrogen-bond donors (Lipinski definition) is 3. The fourth-order valence-corrected chi connectivity index (χ4v) is 17.3. The topological polar surface area (TPSA) is 376 Å². The minimum atomic E-state index is -4.74. The molecule has 0 aliphatic carbocycles. The van der Waals surface area contributed by atoms with Gasteiger partial charge in [-0.15, -0.1) is 0 Å². The van der Waals surface area contributed by atoms with Crippen molar-refractivity contribution in [3.63, 3.8) is 0 Å². The molecule has 6 atom stereocenters. The van der Waals surface area contributed by atoms with Crippen LogP contribution in [0.25, 0.3) is 39.1 Å². The van der Waals surface area contributed by atoms with Gasteiger partial charge in [-0.05, 0) is 101 Å². The van der Waals surface area contributed by atoms with E-state index in [1.165, 1.54) is 70.4 Å². The number of ketones is 1. The van der Waals surface area contributed by atoms with E-state index in [9.17, 15) is 87.5 Å². The van der Waals surface area contributed by atoms with Crippen molar-refractivity contribution in [3.05, 3.63) is 224 Å². The first-order chi connectivity index (χ1) is 68.3. The van der Waals surface area contributed by atoms with Gasteiger partial charge in [-0.25, -0.2) is 50.9 Å². The van der Waals surface area contributed by atoms with Crippen molar-refractivity contribution in [1.29, 1.82) is 0 Å². The summed E-state index contributed by atoms with van der Waals surface area (Å²) in [6, 6.07) is 4.94. The number of carbonyl (C=O) groups is 6. The van der Waals surface area contributed by atoms with Gasteiger partial charge in [0, 0.05) is 118 Å². The van der Waals surface area contributed by atoms with Gasteiger partial charge in [0.25, 0.3) is 34.4 Å². The number of Topliss-reactive ketones (excluding diaryl/α,β-unsaturated/α-hetero) is 1. The fourth-order valence-electron chi connectivity index (χ4n) is 17.3. The summed E-state index contributed by atoms with van der Waals surface area (Å²) in [5.74, 6) is -11.7. The molecule has 16 rings (SSSR count). The largest absolute Gasteiger partial charge is 0.486 e. The van der Waals surface area contributed by atoms with E-state index in [1.54, 1.807) is 66.9 Å². The number of nitrogens with zero attached hydrogens (tertiary/aromatic N) is 10. The van der Waals surface area contributed by atoms with Crippen LogP contribution in [0.2, 0.25) is 0 Å². The van der Waals surface area contributed by atoms with Crippen LogP contribution >= 0.6 is 0 Å². The average molecular weight is 2030 g/mol. The third-order valence-corrected chi connectivity index (χ3v) is 25.2. The number of ether oxygens (including phenoxy) is 11. The number of carbonyl (C=O) groups excluding carboxylic acids is 6. The quantitative estimate of drug-likeness (QED) is 0.0419. The Hall–Kier alpha value is -14.7. The van der Waals surface area contributed by atoms with Crippen molar-refractivity contribution in [2.24, 2.45) is 21.1 Å². The molecule has 3 saturated heterocycles.